The monoisotopic (exact) mass is 343 g/mol. The number of carbonyl (C=O) groups excluding carboxylic acids is 1. The molecule has 1 aliphatic rings. The van der Waals surface area contributed by atoms with Crippen LogP contribution in [-0.2, 0) is 10.0 Å². The third-order valence-electron chi connectivity index (χ3n) is 4.40. The first-order valence-corrected chi connectivity index (χ1v) is 9.25. The maximum atomic E-state index is 12.5. The van der Waals surface area contributed by atoms with Crippen molar-refractivity contribution < 1.29 is 17.6 Å². The van der Waals surface area contributed by atoms with E-state index >= 15 is 0 Å². The van der Waals surface area contributed by atoms with Crippen LogP contribution in [0.1, 0.15) is 41.8 Å². The van der Waals surface area contributed by atoms with Gasteiger partial charge in [-0.3, -0.25) is 4.79 Å². The number of nitrogens with two attached hydrogens (primary N) is 1. The van der Waals surface area contributed by atoms with Crippen LogP contribution in [0, 0.1) is 12.8 Å². The predicted molar refractivity (Wildman–Crippen MR) is 86.6 cm³/mol. The van der Waals surface area contributed by atoms with E-state index in [1.165, 1.54) is 20.2 Å². The maximum absolute atomic E-state index is 12.5. The van der Waals surface area contributed by atoms with Gasteiger partial charge in [-0.1, -0.05) is 12.8 Å². The quantitative estimate of drug-likeness (QED) is 0.832. The van der Waals surface area contributed by atoms with E-state index in [0.29, 0.717) is 12.3 Å². The molecule has 0 bridgehead atoms. The number of sulfonamides is 1. The number of nitrogens with zero attached hydrogens (tertiary/aromatic N) is 1. The standard InChI is InChI=1S/C15H25N3O4S/c1-10-12(8-14(22-10)23(20,21)18(2)3)15(19)17-13-7-5-4-6-11(13)9-16/h8,11,13H,4-7,9,16H2,1-3H3,(H,17,19). The summed E-state index contributed by atoms with van der Waals surface area (Å²) in [5, 5.41) is 2.77. The van der Waals surface area contributed by atoms with Crippen molar-refractivity contribution in [1.82, 2.24) is 9.62 Å². The zero-order valence-corrected chi connectivity index (χ0v) is 14.6. The highest BCUT2D eigenvalue weighted by Gasteiger charge is 2.29. The maximum Gasteiger partial charge on any atom is 0.275 e. The first kappa shape index (κ1) is 18.0. The van der Waals surface area contributed by atoms with Crippen LogP contribution in [0.3, 0.4) is 0 Å². The van der Waals surface area contributed by atoms with Crippen molar-refractivity contribution in [3.05, 3.63) is 17.4 Å². The highest BCUT2D eigenvalue weighted by Crippen LogP contribution is 2.25. The van der Waals surface area contributed by atoms with E-state index in [0.717, 1.165) is 30.0 Å². The van der Waals surface area contributed by atoms with Gasteiger partial charge in [0.2, 0.25) is 5.09 Å². The predicted octanol–water partition coefficient (Wildman–Crippen LogP) is 1.09. The van der Waals surface area contributed by atoms with Gasteiger partial charge in [0.1, 0.15) is 5.76 Å². The molecule has 1 aromatic heterocycles. The molecule has 2 unspecified atom stereocenters. The number of amides is 1. The molecule has 0 radical (unpaired) electrons. The minimum absolute atomic E-state index is 0.0319. The first-order valence-electron chi connectivity index (χ1n) is 7.81. The van der Waals surface area contributed by atoms with Crippen molar-refractivity contribution in [3.63, 3.8) is 0 Å². The smallest absolute Gasteiger partial charge is 0.275 e. The molecule has 8 heteroatoms. The lowest BCUT2D eigenvalue weighted by molar-refractivity contribution is 0.0906. The minimum Gasteiger partial charge on any atom is -0.448 e. The lowest BCUT2D eigenvalue weighted by Gasteiger charge is -2.31. The average Bonchev–Trinajstić information content (AvgIpc) is 2.90. The minimum atomic E-state index is -3.69. The number of furan rings is 1. The zero-order chi connectivity index (χ0) is 17.2. The van der Waals surface area contributed by atoms with Crippen molar-refractivity contribution in [3.8, 4) is 0 Å². The Kier molecular flexibility index (Phi) is 5.49. The summed E-state index contributed by atoms with van der Waals surface area (Å²) >= 11 is 0. The molecule has 7 nitrogen and oxygen atoms in total. The van der Waals surface area contributed by atoms with E-state index in [1.54, 1.807) is 6.92 Å². The Morgan fingerprint density at radius 3 is 2.65 bits per heavy atom. The molecule has 130 valence electrons. The fraction of sp³-hybridized carbons (Fsp3) is 0.667. The highest BCUT2D eigenvalue weighted by molar-refractivity contribution is 7.88. The molecule has 0 spiro atoms. The van der Waals surface area contributed by atoms with Crippen LogP contribution in [0.4, 0.5) is 0 Å². The molecule has 3 N–H and O–H groups in total. The number of aryl methyl sites for hydroxylation is 1. The van der Waals surface area contributed by atoms with Gasteiger partial charge >= 0.3 is 0 Å². The summed E-state index contributed by atoms with van der Waals surface area (Å²) in [5.74, 6) is 0.254. The second-order valence-electron chi connectivity index (χ2n) is 6.18. The van der Waals surface area contributed by atoms with Crippen molar-refractivity contribution >= 4 is 15.9 Å². The second-order valence-corrected chi connectivity index (χ2v) is 8.27. The van der Waals surface area contributed by atoms with E-state index in [9.17, 15) is 13.2 Å². The Labute approximate surface area is 137 Å². The van der Waals surface area contributed by atoms with E-state index in [2.05, 4.69) is 5.32 Å². The molecule has 0 aliphatic heterocycles. The molecule has 1 fully saturated rings. The van der Waals surface area contributed by atoms with Crippen molar-refractivity contribution in [2.45, 2.75) is 43.7 Å². The fourth-order valence-electron chi connectivity index (χ4n) is 2.91. The summed E-state index contributed by atoms with van der Waals surface area (Å²) < 4.78 is 30.5. The Balaban J connectivity index is 2.18. The van der Waals surface area contributed by atoms with Gasteiger partial charge in [0.15, 0.2) is 0 Å². The molecule has 0 saturated heterocycles. The topological polar surface area (TPSA) is 106 Å². The van der Waals surface area contributed by atoms with Gasteiger partial charge in [0.05, 0.1) is 5.56 Å². The number of nitrogens with one attached hydrogen (secondary N) is 1. The molecular formula is C15H25N3O4S. The largest absolute Gasteiger partial charge is 0.448 e. The van der Waals surface area contributed by atoms with Crippen molar-refractivity contribution in [1.29, 1.82) is 0 Å². The van der Waals surface area contributed by atoms with Crippen molar-refractivity contribution in [2.75, 3.05) is 20.6 Å². The van der Waals surface area contributed by atoms with E-state index in [-0.39, 0.29) is 28.5 Å². The van der Waals surface area contributed by atoms with Gasteiger partial charge < -0.3 is 15.5 Å². The Morgan fingerprint density at radius 2 is 2.04 bits per heavy atom. The summed E-state index contributed by atoms with van der Waals surface area (Å²) in [6.45, 7) is 2.13. The zero-order valence-electron chi connectivity index (χ0n) is 13.8. The second kappa shape index (κ2) is 7.02. The molecular weight excluding hydrogens is 318 g/mol. The van der Waals surface area contributed by atoms with Crippen LogP contribution in [0.15, 0.2) is 15.6 Å². The normalized spacial score (nSPS) is 22.3. The molecule has 0 aromatic carbocycles. The van der Waals surface area contributed by atoms with Gasteiger partial charge in [0, 0.05) is 26.2 Å². The lowest BCUT2D eigenvalue weighted by atomic mass is 9.84. The number of carbonyl (C=O) groups is 1. The van der Waals surface area contributed by atoms with Crippen LogP contribution >= 0.6 is 0 Å². The third kappa shape index (κ3) is 3.76. The first-order chi connectivity index (χ1) is 10.8. The Morgan fingerprint density at radius 1 is 1.39 bits per heavy atom. The van der Waals surface area contributed by atoms with Crippen LogP contribution in [0.2, 0.25) is 0 Å². The molecule has 23 heavy (non-hydrogen) atoms. The Hall–Kier alpha value is -1.38. The van der Waals surface area contributed by atoms with Crippen molar-refractivity contribution in [2.24, 2.45) is 11.7 Å². The lowest BCUT2D eigenvalue weighted by Crippen LogP contribution is -2.44. The molecule has 1 amide bonds. The summed E-state index contributed by atoms with van der Waals surface area (Å²) in [4.78, 5) is 12.5. The van der Waals surface area contributed by atoms with Gasteiger partial charge in [-0.25, -0.2) is 12.7 Å². The summed E-state index contributed by atoms with van der Waals surface area (Å²) in [7, 11) is -0.859. The van der Waals surface area contributed by atoms with E-state index < -0.39 is 10.0 Å². The van der Waals surface area contributed by atoms with Crippen LogP contribution < -0.4 is 11.1 Å². The molecule has 2 rings (SSSR count). The molecule has 1 aromatic rings. The van der Waals surface area contributed by atoms with E-state index in [1.807, 2.05) is 0 Å². The summed E-state index contributed by atoms with van der Waals surface area (Å²) in [6.07, 6.45) is 4.09. The molecule has 1 saturated carbocycles. The number of hydrogen-bond donors (Lipinski definition) is 2. The van der Waals surface area contributed by atoms with Crippen LogP contribution in [0.5, 0.6) is 0 Å². The van der Waals surface area contributed by atoms with E-state index in [4.69, 9.17) is 10.2 Å². The Bertz CT molecular complexity index is 666. The molecule has 1 heterocycles. The molecule has 2 atom stereocenters. The van der Waals surface area contributed by atoms with Crippen LogP contribution in [-0.4, -0.2) is 45.3 Å². The summed E-state index contributed by atoms with van der Waals surface area (Å²) in [5.41, 5.74) is 6.03. The number of rotatable bonds is 5. The van der Waals surface area contributed by atoms with Gasteiger partial charge in [0.25, 0.3) is 15.9 Å². The fourth-order valence-corrected chi connectivity index (χ4v) is 3.77. The van der Waals surface area contributed by atoms with Crippen LogP contribution in [0.25, 0.3) is 0 Å². The van der Waals surface area contributed by atoms with Gasteiger partial charge in [-0.05, 0) is 32.2 Å². The van der Waals surface area contributed by atoms with Gasteiger partial charge in [-0.15, -0.1) is 0 Å². The van der Waals surface area contributed by atoms with Gasteiger partial charge in [-0.2, -0.15) is 0 Å². The average molecular weight is 343 g/mol. The number of hydrogen-bond acceptors (Lipinski definition) is 5. The third-order valence-corrected chi connectivity index (χ3v) is 6.07. The summed E-state index contributed by atoms with van der Waals surface area (Å²) in [6, 6.07) is 1.32. The SMILES string of the molecule is Cc1oc(S(=O)(=O)N(C)C)cc1C(=O)NC1CCCCC1CN. The highest BCUT2D eigenvalue weighted by atomic mass is 32.2. The molecule has 1 aliphatic carbocycles.